The molecule has 4 nitrogen and oxygen atoms in total. The molecule has 0 aliphatic rings. The molecule has 0 unspecified atom stereocenters. The minimum absolute atomic E-state index is 0.209. The Morgan fingerprint density at radius 1 is 0.947 bits per heavy atom. The third kappa shape index (κ3) is 2.88. The highest BCUT2D eigenvalue weighted by molar-refractivity contribution is 5.67. The third-order valence-corrected chi connectivity index (χ3v) is 2.67. The summed E-state index contributed by atoms with van der Waals surface area (Å²) in [5.74, 6) is 0.356. The average molecular weight is 262 g/mol. The molecule has 0 spiro atoms. The molecular formula is C14H15FN2O2. The SMILES string of the molecule is COc1cc(Nc2ccc(OC)c(F)c2)ccc1N. The number of ether oxygens (including phenoxy) is 2. The summed E-state index contributed by atoms with van der Waals surface area (Å²) in [6.07, 6.45) is 0. The zero-order chi connectivity index (χ0) is 13.8. The van der Waals surface area contributed by atoms with Crippen LogP contribution in [0.3, 0.4) is 0 Å². The maximum atomic E-state index is 13.6. The van der Waals surface area contributed by atoms with E-state index >= 15 is 0 Å². The van der Waals surface area contributed by atoms with Gasteiger partial charge in [-0.3, -0.25) is 0 Å². The van der Waals surface area contributed by atoms with Crippen molar-refractivity contribution in [2.45, 2.75) is 0 Å². The van der Waals surface area contributed by atoms with E-state index in [1.807, 2.05) is 0 Å². The van der Waals surface area contributed by atoms with Gasteiger partial charge in [-0.1, -0.05) is 0 Å². The molecule has 0 saturated carbocycles. The summed E-state index contributed by atoms with van der Waals surface area (Å²) >= 11 is 0. The Hall–Kier alpha value is -2.43. The predicted molar refractivity (Wildman–Crippen MR) is 73.6 cm³/mol. The molecule has 0 heterocycles. The lowest BCUT2D eigenvalue weighted by Gasteiger charge is -2.11. The maximum Gasteiger partial charge on any atom is 0.167 e. The molecule has 3 N–H and O–H groups in total. The number of benzene rings is 2. The summed E-state index contributed by atoms with van der Waals surface area (Å²) in [6, 6.07) is 9.91. The number of nitrogens with one attached hydrogen (secondary N) is 1. The summed E-state index contributed by atoms with van der Waals surface area (Å²) in [6.45, 7) is 0. The van der Waals surface area contributed by atoms with Crippen molar-refractivity contribution in [2.75, 3.05) is 25.3 Å². The summed E-state index contributed by atoms with van der Waals surface area (Å²) in [4.78, 5) is 0. The van der Waals surface area contributed by atoms with Crippen molar-refractivity contribution < 1.29 is 13.9 Å². The van der Waals surface area contributed by atoms with E-state index in [2.05, 4.69) is 5.32 Å². The number of hydrogen-bond acceptors (Lipinski definition) is 4. The van der Waals surface area contributed by atoms with Gasteiger partial charge in [-0.15, -0.1) is 0 Å². The lowest BCUT2D eigenvalue weighted by atomic mass is 10.2. The molecule has 0 aromatic heterocycles. The van der Waals surface area contributed by atoms with Gasteiger partial charge in [0.1, 0.15) is 5.75 Å². The lowest BCUT2D eigenvalue weighted by molar-refractivity contribution is 0.386. The molecular weight excluding hydrogens is 247 g/mol. The third-order valence-electron chi connectivity index (χ3n) is 2.67. The van der Waals surface area contributed by atoms with Crippen LogP contribution in [0.25, 0.3) is 0 Å². The lowest BCUT2D eigenvalue weighted by Crippen LogP contribution is -1.96. The van der Waals surface area contributed by atoms with Gasteiger partial charge in [0.05, 0.1) is 19.9 Å². The highest BCUT2D eigenvalue weighted by Gasteiger charge is 2.05. The van der Waals surface area contributed by atoms with Crippen LogP contribution in [-0.2, 0) is 0 Å². The molecule has 0 atom stereocenters. The van der Waals surface area contributed by atoms with Gasteiger partial charge < -0.3 is 20.5 Å². The van der Waals surface area contributed by atoms with Gasteiger partial charge in [0.15, 0.2) is 11.6 Å². The van der Waals surface area contributed by atoms with Gasteiger partial charge in [-0.05, 0) is 24.3 Å². The standard InChI is InChI=1S/C14H15FN2O2/c1-18-13-6-4-9(7-11(13)15)17-10-3-5-12(16)14(8-10)19-2/h3-8,17H,16H2,1-2H3. The predicted octanol–water partition coefficient (Wildman–Crippen LogP) is 3.17. The topological polar surface area (TPSA) is 56.5 Å². The van der Waals surface area contributed by atoms with E-state index in [1.54, 1.807) is 37.4 Å². The van der Waals surface area contributed by atoms with E-state index in [9.17, 15) is 4.39 Å². The zero-order valence-corrected chi connectivity index (χ0v) is 10.7. The number of hydrogen-bond donors (Lipinski definition) is 2. The van der Waals surface area contributed by atoms with Gasteiger partial charge >= 0.3 is 0 Å². The van der Waals surface area contributed by atoms with Crippen LogP contribution in [0.2, 0.25) is 0 Å². The molecule has 19 heavy (non-hydrogen) atoms. The van der Waals surface area contributed by atoms with Crippen LogP contribution in [0.15, 0.2) is 36.4 Å². The fourth-order valence-electron chi connectivity index (χ4n) is 1.70. The minimum Gasteiger partial charge on any atom is -0.495 e. The Morgan fingerprint density at radius 2 is 1.58 bits per heavy atom. The van der Waals surface area contributed by atoms with E-state index in [1.165, 1.54) is 13.2 Å². The monoisotopic (exact) mass is 262 g/mol. The average Bonchev–Trinajstić information content (AvgIpc) is 2.41. The first-order valence-corrected chi connectivity index (χ1v) is 5.68. The molecule has 0 amide bonds. The van der Waals surface area contributed by atoms with Gasteiger partial charge in [0.2, 0.25) is 0 Å². The van der Waals surface area contributed by atoms with Crippen LogP contribution in [0.4, 0.5) is 21.5 Å². The van der Waals surface area contributed by atoms with E-state index < -0.39 is 5.82 Å². The van der Waals surface area contributed by atoms with Crippen molar-refractivity contribution in [3.05, 3.63) is 42.2 Å². The minimum atomic E-state index is -0.421. The molecule has 0 saturated heterocycles. The number of halogens is 1. The van der Waals surface area contributed by atoms with Crippen molar-refractivity contribution in [2.24, 2.45) is 0 Å². The van der Waals surface area contributed by atoms with E-state index in [0.717, 1.165) is 5.69 Å². The molecule has 2 rings (SSSR count). The second-order valence-electron chi connectivity index (χ2n) is 3.93. The number of nitrogens with two attached hydrogens (primary N) is 1. The van der Waals surface area contributed by atoms with Crippen molar-refractivity contribution in [3.8, 4) is 11.5 Å². The van der Waals surface area contributed by atoms with Crippen LogP contribution in [0.5, 0.6) is 11.5 Å². The molecule has 0 bridgehead atoms. The van der Waals surface area contributed by atoms with Crippen LogP contribution in [-0.4, -0.2) is 14.2 Å². The number of rotatable bonds is 4. The second kappa shape index (κ2) is 5.48. The molecule has 0 aliphatic heterocycles. The highest BCUT2D eigenvalue weighted by atomic mass is 19.1. The molecule has 2 aromatic rings. The van der Waals surface area contributed by atoms with Crippen LogP contribution in [0.1, 0.15) is 0 Å². The largest absolute Gasteiger partial charge is 0.495 e. The number of nitrogen functional groups attached to an aromatic ring is 1. The van der Waals surface area contributed by atoms with Crippen molar-refractivity contribution >= 4 is 17.1 Å². The van der Waals surface area contributed by atoms with Gasteiger partial charge in [-0.25, -0.2) is 4.39 Å². The van der Waals surface area contributed by atoms with Crippen molar-refractivity contribution in [1.29, 1.82) is 0 Å². The maximum absolute atomic E-state index is 13.6. The Labute approximate surface area is 111 Å². The van der Waals surface area contributed by atoms with Crippen molar-refractivity contribution in [1.82, 2.24) is 0 Å². The van der Waals surface area contributed by atoms with E-state index in [4.69, 9.17) is 15.2 Å². The van der Waals surface area contributed by atoms with Gasteiger partial charge in [0, 0.05) is 23.5 Å². The normalized spacial score (nSPS) is 10.1. The molecule has 0 fully saturated rings. The molecule has 100 valence electrons. The summed E-state index contributed by atoms with van der Waals surface area (Å²) in [5, 5.41) is 3.07. The van der Waals surface area contributed by atoms with E-state index in [0.29, 0.717) is 17.1 Å². The first-order chi connectivity index (χ1) is 9.13. The first-order valence-electron chi connectivity index (χ1n) is 5.68. The number of anilines is 3. The van der Waals surface area contributed by atoms with Crippen LogP contribution in [0, 0.1) is 5.82 Å². The second-order valence-corrected chi connectivity index (χ2v) is 3.93. The van der Waals surface area contributed by atoms with Crippen LogP contribution < -0.4 is 20.5 Å². The Morgan fingerprint density at radius 3 is 2.21 bits per heavy atom. The number of methoxy groups -OCH3 is 2. The smallest absolute Gasteiger partial charge is 0.167 e. The van der Waals surface area contributed by atoms with Crippen molar-refractivity contribution in [3.63, 3.8) is 0 Å². The zero-order valence-electron chi connectivity index (χ0n) is 10.7. The van der Waals surface area contributed by atoms with E-state index in [-0.39, 0.29) is 5.75 Å². The fraction of sp³-hybridized carbons (Fsp3) is 0.143. The Kier molecular flexibility index (Phi) is 3.75. The summed E-state index contributed by atoms with van der Waals surface area (Å²) < 4.78 is 23.5. The summed E-state index contributed by atoms with van der Waals surface area (Å²) in [7, 11) is 2.97. The summed E-state index contributed by atoms with van der Waals surface area (Å²) in [5.41, 5.74) is 7.65. The first kappa shape index (κ1) is 13.0. The Balaban J connectivity index is 2.23. The van der Waals surface area contributed by atoms with Crippen LogP contribution >= 0.6 is 0 Å². The molecule has 2 aromatic carbocycles. The Bertz CT molecular complexity index is 588. The quantitative estimate of drug-likeness (QED) is 0.831. The molecule has 0 radical (unpaired) electrons. The van der Waals surface area contributed by atoms with Gasteiger partial charge in [0.25, 0.3) is 0 Å². The molecule has 5 heteroatoms. The van der Waals surface area contributed by atoms with Gasteiger partial charge in [-0.2, -0.15) is 0 Å². The highest BCUT2D eigenvalue weighted by Crippen LogP contribution is 2.28. The molecule has 0 aliphatic carbocycles. The fourth-order valence-corrected chi connectivity index (χ4v) is 1.70.